The zero-order chi connectivity index (χ0) is 21.5. The second-order valence-corrected chi connectivity index (χ2v) is 8.62. The van der Waals surface area contributed by atoms with Gasteiger partial charge in [0.2, 0.25) is 11.7 Å². The molecule has 4 rings (SSSR count). The van der Waals surface area contributed by atoms with Gasteiger partial charge < -0.3 is 19.5 Å². The summed E-state index contributed by atoms with van der Waals surface area (Å²) in [5, 5.41) is 11.1. The highest BCUT2D eigenvalue weighted by atomic mass is 32.1. The van der Waals surface area contributed by atoms with Gasteiger partial charge in [-0.25, -0.2) is 4.79 Å². The van der Waals surface area contributed by atoms with Gasteiger partial charge in [0.25, 0.3) is 0 Å². The molecule has 2 amide bonds. The van der Waals surface area contributed by atoms with Crippen LogP contribution in [0.5, 0.6) is 5.75 Å². The first-order valence-corrected chi connectivity index (χ1v) is 11.8. The molecular weight excluding hydrogens is 412 g/mol. The van der Waals surface area contributed by atoms with Gasteiger partial charge in [-0.2, -0.15) is 16.3 Å². The molecule has 3 heterocycles. The molecule has 8 heteroatoms. The highest BCUT2D eigenvalue weighted by Crippen LogP contribution is 2.24. The Morgan fingerprint density at radius 2 is 2.19 bits per heavy atom. The first-order chi connectivity index (χ1) is 15.2. The highest BCUT2D eigenvalue weighted by Gasteiger charge is 2.25. The number of nitrogens with one attached hydrogen (secondary N) is 1. The van der Waals surface area contributed by atoms with Crippen LogP contribution in [0.1, 0.15) is 38.5 Å². The number of amides is 2. The molecule has 1 aromatic carbocycles. The second kappa shape index (κ2) is 10.4. The number of urea groups is 1. The first-order valence-electron chi connectivity index (χ1n) is 10.8. The predicted molar refractivity (Wildman–Crippen MR) is 121 cm³/mol. The fraction of sp³-hybridized carbons (Fsp3) is 0.435. The number of unbranched alkanes of at least 4 members (excludes halogenated alkanes) is 1. The van der Waals surface area contributed by atoms with Crippen molar-refractivity contribution in [3.8, 4) is 17.1 Å². The molecule has 3 aromatic rings. The summed E-state index contributed by atoms with van der Waals surface area (Å²) in [4.78, 5) is 19.1. The maximum Gasteiger partial charge on any atom is 0.321 e. The van der Waals surface area contributed by atoms with E-state index in [1.807, 2.05) is 46.0 Å². The fourth-order valence-corrected chi connectivity index (χ4v) is 4.32. The van der Waals surface area contributed by atoms with Gasteiger partial charge in [-0.1, -0.05) is 18.5 Å². The van der Waals surface area contributed by atoms with E-state index in [0.717, 1.165) is 49.2 Å². The molecule has 1 fully saturated rings. The van der Waals surface area contributed by atoms with Crippen molar-refractivity contribution in [1.29, 1.82) is 0 Å². The number of likely N-dealkylation sites (tertiary alicyclic amines) is 1. The van der Waals surface area contributed by atoms with Crippen LogP contribution in [-0.2, 0) is 6.42 Å². The minimum absolute atomic E-state index is 0.0751. The second-order valence-electron chi connectivity index (χ2n) is 7.84. The minimum atomic E-state index is -0.0751. The van der Waals surface area contributed by atoms with Crippen LogP contribution in [0.3, 0.4) is 0 Å². The number of carbonyl (C=O) groups is 1. The molecule has 0 bridgehead atoms. The number of rotatable bonds is 8. The Hall–Kier alpha value is -2.87. The molecule has 164 valence electrons. The zero-order valence-corrected chi connectivity index (χ0v) is 18.6. The third kappa shape index (κ3) is 5.85. The maximum atomic E-state index is 12.8. The van der Waals surface area contributed by atoms with Gasteiger partial charge >= 0.3 is 6.03 Å². The summed E-state index contributed by atoms with van der Waals surface area (Å²) in [6.07, 6.45) is 4.84. The summed E-state index contributed by atoms with van der Waals surface area (Å²) in [5.74, 6) is 2.39. The molecule has 2 aromatic heterocycles. The lowest BCUT2D eigenvalue weighted by molar-refractivity contribution is 0.173. The van der Waals surface area contributed by atoms with Gasteiger partial charge in [-0.05, 0) is 60.9 Å². The molecule has 1 atom stereocenters. The molecule has 0 radical (unpaired) electrons. The Morgan fingerprint density at radius 1 is 1.32 bits per heavy atom. The normalized spacial score (nSPS) is 16.3. The molecule has 0 spiro atoms. The van der Waals surface area contributed by atoms with Gasteiger partial charge in [0.1, 0.15) is 5.75 Å². The maximum absolute atomic E-state index is 12.8. The van der Waals surface area contributed by atoms with Gasteiger partial charge in [-0.15, -0.1) is 0 Å². The van der Waals surface area contributed by atoms with Crippen molar-refractivity contribution in [2.45, 2.75) is 39.0 Å². The quantitative estimate of drug-likeness (QED) is 0.470. The van der Waals surface area contributed by atoms with Crippen molar-refractivity contribution in [3.63, 3.8) is 0 Å². The monoisotopic (exact) mass is 440 g/mol. The minimum Gasteiger partial charge on any atom is -0.494 e. The lowest BCUT2D eigenvalue weighted by Gasteiger charge is -2.32. The molecule has 0 saturated carbocycles. The highest BCUT2D eigenvalue weighted by molar-refractivity contribution is 7.08. The molecule has 1 N–H and O–H groups in total. The predicted octanol–water partition coefficient (Wildman–Crippen LogP) is 5.46. The third-order valence-electron chi connectivity index (χ3n) is 5.39. The van der Waals surface area contributed by atoms with Crippen LogP contribution < -0.4 is 10.1 Å². The third-order valence-corrected chi connectivity index (χ3v) is 6.07. The summed E-state index contributed by atoms with van der Waals surface area (Å²) in [7, 11) is 0. The average Bonchev–Trinajstić information content (AvgIpc) is 3.47. The summed E-state index contributed by atoms with van der Waals surface area (Å²) in [6, 6.07) is 9.45. The average molecular weight is 441 g/mol. The van der Waals surface area contributed by atoms with E-state index in [4.69, 9.17) is 9.26 Å². The summed E-state index contributed by atoms with van der Waals surface area (Å²) in [6.45, 7) is 4.29. The van der Waals surface area contributed by atoms with Crippen LogP contribution in [-0.4, -0.2) is 40.8 Å². The Balaban J connectivity index is 1.28. The van der Waals surface area contributed by atoms with Crippen LogP contribution in [0.2, 0.25) is 0 Å². The lowest BCUT2D eigenvalue weighted by Crippen LogP contribution is -2.42. The van der Waals surface area contributed by atoms with Crippen molar-refractivity contribution in [3.05, 3.63) is 47.0 Å². The largest absolute Gasteiger partial charge is 0.494 e. The Kier molecular flexibility index (Phi) is 7.19. The number of anilines is 1. The number of aromatic nitrogens is 2. The fourth-order valence-electron chi connectivity index (χ4n) is 3.68. The van der Waals surface area contributed by atoms with Crippen LogP contribution in [0.4, 0.5) is 10.5 Å². The van der Waals surface area contributed by atoms with Crippen molar-refractivity contribution in [2.24, 2.45) is 5.92 Å². The van der Waals surface area contributed by atoms with Crippen molar-refractivity contribution < 1.29 is 14.1 Å². The number of piperidine rings is 1. The molecule has 1 aliphatic heterocycles. The number of carbonyl (C=O) groups excluding carboxylic acids is 1. The van der Waals surface area contributed by atoms with E-state index in [9.17, 15) is 4.79 Å². The summed E-state index contributed by atoms with van der Waals surface area (Å²) >= 11 is 1.61. The van der Waals surface area contributed by atoms with Gasteiger partial charge in [0, 0.05) is 36.1 Å². The first kappa shape index (κ1) is 21.4. The number of thiophene rings is 1. The van der Waals surface area contributed by atoms with Crippen molar-refractivity contribution in [1.82, 2.24) is 15.0 Å². The molecule has 7 nitrogen and oxygen atoms in total. The molecular formula is C23H28N4O3S. The van der Waals surface area contributed by atoms with Gasteiger partial charge in [0.05, 0.1) is 6.61 Å². The van der Waals surface area contributed by atoms with E-state index in [2.05, 4.69) is 22.4 Å². The number of ether oxygens (including phenoxy) is 1. The van der Waals surface area contributed by atoms with Crippen LogP contribution in [0, 0.1) is 5.92 Å². The van der Waals surface area contributed by atoms with Gasteiger partial charge in [-0.3, -0.25) is 0 Å². The topological polar surface area (TPSA) is 80.5 Å². The summed E-state index contributed by atoms with van der Waals surface area (Å²) in [5.41, 5.74) is 1.75. The van der Waals surface area contributed by atoms with E-state index in [1.165, 1.54) is 0 Å². The van der Waals surface area contributed by atoms with Gasteiger partial charge in [0.15, 0.2) is 0 Å². The number of hydrogen-bond acceptors (Lipinski definition) is 6. The summed E-state index contributed by atoms with van der Waals surface area (Å²) < 4.78 is 11.1. The zero-order valence-electron chi connectivity index (χ0n) is 17.8. The SMILES string of the molecule is CCCCOc1ccc(NC(=O)N2CCCC(Cc3nc(-c4ccsc4)no3)C2)cc1. The van der Waals surface area contributed by atoms with E-state index in [0.29, 0.717) is 37.2 Å². The number of nitrogens with zero attached hydrogens (tertiary/aromatic N) is 3. The molecule has 1 unspecified atom stereocenters. The smallest absolute Gasteiger partial charge is 0.321 e. The Morgan fingerprint density at radius 3 is 2.97 bits per heavy atom. The van der Waals surface area contributed by atoms with Crippen LogP contribution in [0.25, 0.3) is 11.4 Å². The van der Waals surface area contributed by atoms with Crippen molar-refractivity contribution >= 4 is 23.1 Å². The van der Waals surface area contributed by atoms with E-state index < -0.39 is 0 Å². The number of benzene rings is 1. The molecule has 0 aliphatic carbocycles. The van der Waals surface area contributed by atoms with E-state index in [-0.39, 0.29) is 6.03 Å². The Bertz CT molecular complexity index is 956. The molecule has 1 saturated heterocycles. The standard InChI is InChI=1S/C23H28N4O3S/c1-2-3-12-29-20-8-6-19(7-9-20)24-23(28)27-11-4-5-17(15-27)14-21-25-22(26-30-21)18-10-13-31-16-18/h6-10,13,16-17H,2-5,11-12,14-15H2,1H3,(H,24,28). The Labute approximate surface area is 186 Å². The molecule has 1 aliphatic rings. The van der Waals surface area contributed by atoms with Crippen molar-refractivity contribution in [2.75, 3.05) is 25.0 Å². The number of hydrogen-bond donors (Lipinski definition) is 1. The molecule has 31 heavy (non-hydrogen) atoms. The lowest BCUT2D eigenvalue weighted by atomic mass is 9.95. The van der Waals surface area contributed by atoms with Crippen LogP contribution in [0.15, 0.2) is 45.6 Å². The van der Waals surface area contributed by atoms with Crippen LogP contribution >= 0.6 is 11.3 Å². The van der Waals surface area contributed by atoms with E-state index >= 15 is 0 Å². The van der Waals surface area contributed by atoms with E-state index in [1.54, 1.807) is 11.3 Å².